The first-order valence-electron chi connectivity index (χ1n) is 6.87. The first-order valence-corrected chi connectivity index (χ1v) is 6.87. The number of benzene rings is 1. The van der Waals surface area contributed by atoms with Crippen LogP contribution < -0.4 is 5.32 Å². The van der Waals surface area contributed by atoms with Crippen molar-refractivity contribution in [3.8, 4) is 0 Å². The molecule has 20 heavy (non-hydrogen) atoms. The van der Waals surface area contributed by atoms with Gasteiger partial charge >= 0.3 is 0 Å². The molecule has 0 aliphatic rings. The van der Waals surface area contributed by atoms with Crippen LogP contribution in [0.15, 0.2) is 34.9 Å². The number of furan rings is 1. The van der Waals surface area contributed by atoms with Gasteiger partial charge in [0.05, 0.1) is 6.20 Å². The molecule has 3 aromatic rings. The Labute approximate surface area is 117 Å². The summed E-state index contributed by atoms with van der Waals surface area (Å²) in [4.78, 5) is 0. The Morgan fingerprint density at radius 3 is 3.00 bits per heavy atom. The second kappa shape index (κ2) is 5.46. The predicted octanol–water partition coefficient (Wildman–Crippen LogP) is 2.95. The number of nitrogens with zero attached hydrogens (tertiary/aromatic N) is 2. The molecule has 0 bridgehead atoms. The maximum absolute atomic E-state index is 5.96. The lowest BCUT2D eigenvalue weighted by atomic mass is 10.1. The molecule has 0 aliphatic carbocycles. The number of aromatic nitrogens is 3. The van der Waals surface area contributed by atoms with Crippen molar-refractivity contribution in [2.45, 2.75) is 26.3 Å². The smallest absolute Gasteiger partial charge is 0.134 e. The molecule has 0 saturated heterocycles. The molecule has 5 nitrogen and oxygen atoms in total. The van der Waals surface area contributed by atoms with Gasteiger partial charge in [0.25, 0.3) is 0 Å². The van der Waals surface area contributed by atoms with E-state index in [2.05, 4.69) is 52.8 Å². The van der Waals surface area contributed by atoms with Crippen molar-refractivity contribution in [3.63, 3.8) is 0 Å². The minimum absolute atomic E-state index is 0.0681. The molecule has 1 unspecified atom stereocenters. The van der Waals surface area contributed by atoms with Crippen LogP contribution in [0.2, 0.25) is 0 Å². The summed E-state index contributed by atoms with van der Waals surface area (Å²) in [6.07, 6.45) is 2.78. The van der Waals surface area contributed by atoms with Gasteiger partial charge in [-0.15, -0.1) is 0 Å². The fraction of sp³-hybridized carbons (Fsp3) is 0.333. The highest BCUT2D eigenvalue weighted by Crippen LogP contribution is 2.27. The third kappa shape index (κ3) is 2.44. The summed E-state index contributed by atoms with van der Waals surface area (Å²) >= 11 is 0. The van der Waals surface area contributed by atoms with Crippen LogP contribution in [0.4, 0.5) is 0 Å². The molecule has 2 heterocycles. The van der Waals surface area contributed by atoms with Gasteiger partial charge in [0, 0.05) is 5.39 Å². The zero-order valence-corrected chi connectivity index (χ0v) is 11.7. The number of hydrogen-bond acceptors (Lipinski definition) is 4. The van der Waals surface area contributed by atoms with E-state index in [4.69, 9.17) is 4.42 Å². The summed E-state index contributed by atoms with van der Waals surface area (Å²) in [6, 6.07) is 8.20. The van der Waals surface area contributed by atoms with Crippen molar-refractivity contribution in [1.29, 1.82) is 0 Å². The van der Waals surface area contributed by atoms with E-state index in [1.807, 2.05) is 6.07 Å². The summed E-state index contributed by atoms with van der Waals surface area (Å²) in [6.45, 7) is 5.11. The monoisotopic (exact) mass is 270 g/mol. The first-order chi connectivity index (χ1) is 9.78. The summed E-state index contributed by atoms with van der Waals surface area (Å²) in [5.41, 5.74) is 2.97. The number of rotatable bonds is 5. The van der Waals surface area contributed by atoms with Gasteiger partial charge in [-0.25, -0.2) is 0 Å². The van der Waals surface area contributed by atoms with Crippen LogP contribution in [-0.4, -0.2) is 22.0 Å². The fourth-order valence-electron chi connectivity index (χ4n) is 2.31. The Morgan fingerprint density at radius 1 is 1.35 bits per heavy atom. The van der Waals surface area contributed by atoms with E-state index < -0.39 is 0 Å². The largest absolute Gasteiger partial charge is 0.459 e. The van der Waals surface area contributed by atoms with E-state index in [0.29, 0.717) is 0 Å². The molecule has 0 spiro atoms. The molecule has 0 radical (unpaired) electrons. The second-order valence-electron chi connectivity index (χ2n) is 4.97. The van der Waals surface area contributed by atoms with Gasteiger partial charge in [-0.05, 0) is 38.1 Å². The van der Waals surface area contributed by atoms with Crippen LogP contribution in [-0.2, 0) is 0 Å². The average molecular weight is 270 g/mol. The number of aryl methyl sites for hydroxylation is 1. The van der Waals surface area contributed by atoms with Crippen LogP contribution in [0, 0.1) is 6.92 Å². The number of hydrogen-bond donors (Lipinski definition) is 2. The van der Waals surface area contributed by atoms with Crippen molar-refractivity contribution in [3.05, 3.63) is 47.5 Å². The topological polar surface area (TPSA) is 66.7 Å². The van der Waals surface area contributed by atoms with Crippen molar-refractivity contribution in [2.75, 3.05) is 6.54 Å². The number of H-pyrrole nitrogens is 1. The summed E-state index contributed by atoms with van der Waals surface area (Å²) < 4.78 is 5.96. The Kier molecular flexibility index (Phi) is 3.52. The van der Waals surface area contributed by atoms with Crippen molar-refractivity contribution < 1.29 is 4.42 Å². The molecule has 3 rings (SSSR count). The molecule has 0 aliphatic heterocycles. The molecule has 0 saturated carbocycles. The highest BCUT2D eigenvalue weighted by Gasteiger charge is 2.20. The van der Waals surface area contributed by atoms with Crippen molar-refractivity contribution in [1.82, 2.24) is 20.7 Å². The molecule has 1 atom stereocenters. The van der Waals surface area contributed by atoms with Gasteiger partial charge in [0.15, 0.2) is 0 Å². The molecular formula is C15H18N4O. The average Bonchev–Trinajstić information content (AvgIpc) is 3.08. The van der Waals surface area contributed by atoms with Gasteiger partial charge in [-0.3, -0.25) is 0 Å². The standard InChI is InChI=1S/C15H18N4O/c1-3-6-16-15(12-9-17-19-18-12)14-8-11-7-10(2)4-5-13(11)20-14/h4-5,7-9,15-16H,3,6H2,1-2H3,(H,17,18,19). The molecule has 5 heteroatoms. The van der Waals surface area contributed by atoms with Crippen LogP contribution in [0.25, 0.3) is 11.0 Å². The number of nitrogens with one attached hydrogen (secondary N) is 2. The molecule has 0 amide bonds. The van der Waals surface area contributed by atoms with Crippen molar-refractivity contribution in [2.24, 2.45) is 0 Å². The maximum atomic E-state index is 5.96. The molecule has 2 aromatic heterocycles. The van der Waals surface area contributed by atoms with Gasteiger partial charge in [-0.2, -0.15) is 15.4 Å². The van der Waals surface area contributed by atoms with Gasteiger partial charge < -0.3 is 9.73 Å². The lowest BCUT2D eigenvalue weighted by Gasteiger charge is -2.12. The number of fused-ring (bicyclic) bond motifs is 1. The lowest BCUT2D eigenvalue weighted by molar-refractivity contribution is 0.463. The molecule has 0 fully saturated rings. The lowest BCUT2D eigenvalue weighted by Crippen LogP contribution is -2.23. The molecule has 2 N–H and O–H groups in total. The van der Waals surface area contributed by atoms with Crippen LogP contribution >= 0.6 is 0 Å². The van der Waals surface area contributed by atoms with Gasteiger partial charge in [0.1, 0.15) is 23.1 Å². The van der Waals surface area contributed by atoms with Crippen LogP contribution in [0.5, 0.6) is 0 Å². The van der Waals surface area contributed by atoms with E-state index in [9.17, 15) is 0 Å². The van der Waals surface area contributed by atoms with Crippen LogP contribution in [0.1, 0.15) is 36.4 Å². The van der Waals surface area contributed by atoms with E-state index in [1.54, 1.807) is 6.20 Å². The highest BCUT2D eigenvalue weighted by atomic mass is 16.3. The minimum Gasteiger partial charge on any atom is -0.459 e. The van der Waals surface area contributed by atoms with E-state index in [1.165, 1.54) is 5.56 Å². The molecular weight excluding hydrogens is 252 g/mol. The summed E-state index contributed by atoms with van der Waals surface area (Å²) in [5, 5.41) is 15.3. The summed E-state index contributed by atoms with van der Waals surface area (Å²) in [7, 11) is 0. The van der Waals surface area contributed by atoms with E-state index in [-0.39, 0.29) is 6.04 Å². The third-order valence-electron chi connectivity index (χ3n) is 3.30. The third-order valence-corrected chi connectivity index (χ3v) is 3.30. The first kappa shape index (κ1) is 12.9. The Balaban J connectivity index is 1.99. The normalized spacial score (nSPS) is 12.9. The summed E-state index contributed by atoms with van der Waals surface area (Å²) in [5.74, 6) is 0.868. The molecule has 104 valence electrons. The SMILES string of the molecule is CCCNC(c1cn[nH]n1)c1cc2cc(C)ccc2o1. The quantitative estimate of drug-likeness (QED) is 0.748. The van der Waals surface area contributed by atoms with Gasteiger partial charge in [-0.1, -0.05) is 18.6 Å². The number of aromatic amines is 1. The fourth-order valence-corrected chi connectivity index (χ4v) is 2.31. The van der Waals surface area contributed by atoms with Gasteiger partial charge in [0.2, 0.25) is 0 Å². The Hall–Kier alpha value is -2.14. The highest BCUT2D eigenvalue weighted by molar-refractivity contribution is 5.78. The zero-order chi connectivity index (χ0) is 13.9. The maximum Gasteiger partial charge on any atom is 0.134 e. The van der Waals surface area contributed by atoms with Crippen LogP contribution in [0.3, 0.4) is 0 Å². The molecule has 1 aromatic carbocycles. The zero-order valence-electron chi connectivity index (χ0n) is 11.7. The van der Waals surface area contributed by atoms with Crippen molar-refractivity contribution >= 4 is 11.0 Å². The second-order valence-corrected chi connectivity index (χ2v) is 4.97. The Morgan fingerprint density at radius 2 is 2.25 bits per heavy atom. The minimum atomic E-state index is -0.0681. The van der Waals surface area contributed by atoms with E-state index in [0.717, 1.165) is 35.4 Å². The predicted molar refractivity (Wildman–Crippen MR) is 77.5 cm³/mol. The van der Waals surface area contributed by atoms with E-state index >= 15 is 0 Å². The Bertz CT molecular complexity index is 687.